The lowest BCUT2D eigenvalue weighted by Gasteiger charge is -2.32. The van der Waals surface area contributed by atoms with E-state index in [1.165, 1.54) is 9.80 Å². The maximum Gasteiger partial charge on any atom is 0.259 e. The van der Waals surface area contributed by atoms with Crippen LogP contribution >= 0.6 is 23.2 Å². The molecule has 3 amide bonds. The summed E-state index contributed by atoms with van der Waals surface area (Å²) in [5.41, 5.74) is 1.82. The van der Waals surface area contributed by atoms with Gasteiger partial charge in [-0.3, -0.25) is 19.3 Å². The summed E-state index contributed by atoms with van der Waals surface area (Å²) < 4.78 is 0. The van der Waals surface area contributed by atoms with Gasteiger partial charge in [-0.2, -0.15) is 0 Å². The Bertz CT molecular complexity index is 1270. The summed E-state index contributed by atoms with van der Waals surface area (Å²) in [4.78, 5) is 43.0. The van der Waals surface area contributed by atoms with Gasteiger partial charge in [0.25, 0.3) is 5.91 Å². The summed E-state index contributed by atoms with van der Waals surface area (Å²) in [6.07, 6.45) is 1.17. The molecule has 1 heterocycles. The number of hydrogen-bond donors (Lipinski definition) is 1. The van der Waals surface area contributed by atoms with E-state index in [0.717, 1.165) is 17.2 Å². The Labute approximate surface area is 214 Å². The van der Waals surface area contributed by atoms with Gasteiger partial charge in [-0.1, -0.05) is 67.4 Å². The summed E-state index contributed by atoms with van der Waals surface area (Å²) in [5, 5.41) is 5.48. The van der Waals surface area contributed by atoms with Crippen molar-refractivity contribution in [3.8, 4) is 0 Å². The Kier molecular flexibility index (Phi) is 7.63. The largest absolute Gasteiger partial charge is 0.354 e. The van der Waals surface area contributed by atoms with Crippen LogP contribution in [-0.4, -0.2) is 41.8 Å². The third-order valence-electron chi connectivity index (χ3n) is 6.27. The lowest BCUT2D eigenvalue weighted by molar-refractivity contribution is -0.140. The van der Waals surface area contributed by atoms with Gasteiger partial charge in [0, 0.05) is 39.6 Å². The molecule has 0 radical (unpaired) electrons. The van der Waals surface area contributed by atoms with E-state index in [9.17, 15) is 14.4 Å². The Morgan fingerprint density at radius 2 is 1.66 bits per heavy atom. The number of halogens is 2. The van der Waals surface area contributed by atoms with Crippen molar-refractivity contribution in [3.63, 3.8) is 0 Å². The number of nitrogens with one attached hydrogen (secondary N) is 1. The molecule has 1 aliphatic rings. The molecule has 0 saturated heterocycles. The highest BCUT2D eigenvalue weighted by Gasteiger charge is 2.35. The second-order valence-electron chi connectivity index (χ2n) is 8.51. The Balaban J connectivity index is 1.68. The fraction of sp³-hybridized carbons (Fsp3) is 0.296. The van der Waals surface area contributed by atoms with E-state index in [1.807, 2.05) is 44.2 Å². The maximum absolute atomic E-state index is 13.8. The molecule has 0 aliphatic carbocycles. The number of rotatable bonds is 9. The molecule has 0 saturated carbocycles. The minimum atomic E-state index is -0.739. The minimum Gasteiger partial charge on any atom is -0.354 e. The van der Waals surface area contributed by atoms with Crippen LogP contribution in [0.3, 0.4) is 0 Å². The van der Waals surface area contributed by atoms with Crippen LogP contribution in [0.1, 0.15) is 42.6 Å². The first-order valence-electron chi connectivity index (χ1n) is 11.7. The number of amides is 3. The van der Waals surface area contributed by atoms with Crippen molar-refractivity contribution in [2.45, 2.75) is 39.3 Å². The molecule has 1 atom stereocenters. The lowest BCUT2D eigenvalue weighted by atomic mass is 10.1. The molecule has 35 heavy (non-hydrogen) atoms. The van der Waals surface area contributed by atoms with Gasteiger partial charge < -0.3 is 10.2 Å². The predicted molar refractivity (Wildman–Crippen MR) is 140 cm³/mol. The van der Waals surface area contributed by atoms with Gasteiger partial charge in [-0.15, -0.1) is 0 Å². The number of benzene rings is 3. The number of nitrogens with zero attached hydrogens (tertiary/aromatic N) is 2. The zero-order chi connectivity index (χ0) is 25.1. The van der Waals surface area contributed by atoms with Crippen molar-refractivity contribution in [2.75, 3.05) is 18.0 Å². The van der Waals surface area contributed by atoms with Crippen molar-refractivity contribution in [1.29, 1.82) is 0 Å². The van der Waals surface area contributed by atoms with Crippen LogP contribution in [0.4, 0.5) is 5.69 Å². The number of carbonyl (C=O) groups is 3. The van der Waals surface area contributed by atoms with Gasteiger partial charge in [0.05, 0.1) is 5.69 Å². The molecule has 0 fully saturated rings. The number of hydrogen-bond acceptors (Lipinski definition) is 3. The highest BCUT2D eigenvalue weighted by atomic mass is 35.5. The first-order valence-corrected chi connectivity index (χ1v) is 12.5. The monoisotopic (exact) mass is 511 g/mol. The van der Waals surface area contributed by atoms with Crippen molar-refractivity contribution in [1.82, 2.24) is 10.2 Å². The summed E-state index contributed by atoms with van der Waals surface area (Å²) >= 11 is 12.8. The molecular formula is C27H27Cl2N3O3. The molecule has 3 aromatic rings. The van der Waals surface area contributed by atoms with E-state index in [1.54, 1.807) is 24.3 Å². The van der Waals surface area contributed by atoms with Crippen LogP contribution < -0.4 is 10.2 Å². The van der Waals surface area contributed by atoms with Crippen LogP contribution in [0.2, 0.25) is 10.0 Å². The van der Waals surface area contributed by atoms with Crippen LogP contribution in [0.15, 0.2) is 54.6 Å². The van der Waals surface area contributed by atoms with Gasteiger partial charge in [-0.25, -0.2) is 0 Å². The fourth-order valence-electron chi connectivity index (χ4n) is 4.50. The van der Waals surface area contributed by atoms with Gasteiger partial charge in [0.2, 0.25) is 11.8 Å². The van der Waals surface area contributed by atoms with E-state index in [0.29, 0.717) is 39.8 Å². The number of anilines is 1. The molecule has 1 unspecified atom stereocenters. The molecule has 8 heteroatoms. The Hall–Kier alpha value is -3.09. The van der Waals surface area contributed by atoms with Crippen molar-refractivity contribution < 1.29 is 14.4 Å². The van der Waals surface area contributed by atoms with Crippen molar-refractivity contribution in [3.05, 3.63) is 75.8 Å². The van der Waals surface area contributed by atoms with Crippen molar-refractivity contribution in [2.24, 2.45) is 0 Å². The molecule has 1 aliphatic heterocycles. The summed E-state index contributed by atoms with van der Waals surface area (Å²) in [5.74, 6) is -0.842. The summed E-state index contributed by atoms with van der Waals surface area (Å²) in [6, 6.07) is 15.6. The van der Waals surface area contributed by atoms with E-state index < -0.39 is 6.04 Å². The first-order chi connectivity index (χ1) is 16.9. The lowest BCUT2D eigenvalue weighted by Crippen LogP contribution is -2.52. The van der Waals surface area contributed by atoms with E-state index >= 15 is 0 Å². The normalized spacial score (nSPS) is 13.3. The molecule has 0 aromatic heterocycles. The molecule has 4 rings (SSSR count). The third kappa shape index (κ3) is 4.86. The van der Waals surface area contributed by atoms with Crippen LogP contribution in [-0.2, 0) is 16.1 Å². The average molecular weight is 512 g/mol. The van der Waals surface area contributed by atoms with E-state index in [2.05, 4.69) is 5.32 Å². The fourth-order valence-corrected chi connectivity index (χ4v) is 5.02. The van der Waals surface area contributed by atoms with Crippen molar-refractivity contribution >= 4 is 57.4 Å². The molecule has 1 N–H and O–H groups in total. The summed E-state index contributed by atoms with van der Waals surface area (Å²) in [6.45, 7) is 4.17. The smallest absolute Gasteiger partial charge is 0.259 e. The first kappa shape index (κ1) is 25.0. The quantitative estimate of drug-likeness (QED) is 0.415. The molecule has 0 bridgehead atoms. The Morgan fingerprint density at radius 1 is 1.00 bits per heavy atom. The third-order valence-corrected chi connectivity index (χ3v) is 6.98. The van der Waals surface area contributed by atoms with E-state index in [4.69, 9.17) is 23.2 Å². The SMILES string of the molecule is CCCNC(=O)C(CC)N(Cc1c(Cl)cccc1Cl)C(=O)CN1C(=O)c2cccc3cccc1c23. The minimum absolute atomic E-state index is 0.0502. The summed E-state index contributed by atoms with van der Waals surface area (Å²) in [7, 11) is 0. The maximum atomic E-state index is 13.8. The molecule has 3 aromatic carbocycles. The molecule has 6 nitrogen and oxygen atoms in total. The second kappa shape index (κ2) is 10.7. The zero-order valence-corrected chi connectivity index (χ0v) is 21.2. The molecule has 182 valence electrons. The van der Waals surface area contributed by atoms with E-state index in [-0.39, 0.29) is 30.8 Å². The van der Waals surface area contributed by atoms with Crippen LogP contribution in [0.5, 0.6) is 0 Å². The van der Waals surface area contributed by atoms with Crippen LogP contribution in [0.25, 0.3) is 10.8 Å². The van der Waals surface area contributed by atoms with Gasteiger partial charge >= 0.3 is 0 Å². The Morgan fingerprint density at radius 3 is 2.31 bits per heavy atom. The number of carbonyl (C=O) groups excluding carboxylic acids is 3. The predicted octanol–water partition coefficient (Wildman–Crippen LogP) is 5.44. The molecular weight excluding hydrogens is 485 g/mol. The zero-order valence-electron chi connectivity index (χ0n) is 19.7. The highest BCUT2D eigenvalue weighted by Crippen LogP contribution is 2.37. The van der Waals surface area contributed by atoms with Gasteiger partial charge in [0.1, 0.15) is 12.6 Å². The standard InChI is InChI=1S/C27H27Cl2N3O3/c1-3-14-30-26(34)22(4-2)31(15-19-20(28)11-7-12-21(19)29)24(33)16-32-23-13-6-9-17-8-5-10-18(25(17)23)27(32)35/h5-13,22H,3-4,14-16H2,1-2H3,(H,30,34). The van der Waals surface area contributed by atoms with Gasteiger partial charge in [-0.05, 0) is 42.5 Å². The second-order valence-corrected chi connectivity index (χ2v) is 9.32. The van der Waals surface area contributed by atoms with Crippen LogP contribution in [0, 0.1) is 0 Å². The topological polar surface area (TPSA) is 69.7 Å². The highest BCUT2D eigenvalue weighted by molar-refractivity contribution is 6.36. The van der Waals surface area contributed by atoms with Gasteiger partial charge in [0.15, 0.2) is 0 Å². The molecule has 0 spiro atoms. The average Bonchev–Trinajstić information content (AvgIpc) is 3.12.